The summed E-state index contributed by atoms with van der Waals surface area (Å²) in [4.78, 5) is 29.7. The number of fused-ring (bicyclic) bond motifs is 1. The van der Waals surface area contributed by atoms with Crippen LogP contribution < -0.4 is 10.1 Å². The number of imidazole rings is 1. The monoisotopic (exact) mass is 479 g/mol. The van der Waals surface area contributed by atoms with E-state index in [1.54, 1.807) is 25.3 Å². The zero-order valence-corrected chi connectivity index (χ0v) is 19.1. The number of nitrogens with zero attached hydrogens (tertiary/aromatic N) is 2. The van der Waals surface area contributed by atoms with Crippen LogP contribution in [0.1, 0.15) is 39.8 Å². The van der Waals surface area contributed by atoms with Crippen LogP contribution in [0, 0.1) is 18.6 Å². The number of carbonyl (C=O) groups excluding carboxylic acids is 2. The first-order valence-corrected chi connectivity index (χ1v) is 10.8. The third-order valence-corrected chi connectivity index (χ3v) is 5.54. The minimum Gasteiger partial charge on any atom is -0.485 e. The summed E-state index contributed by atoms with van der Waals surface area (Å²) in [6.45, 7) is 1.32. The van der Waals surface area contributed by atoms with Gasteiger partial charge in [-0.15, -0.1) is 0 Å². The number of aromatic nitrogens is 2. The van der Waals surface area contributed by atoms with Crippen LogP contribution >= 0.6 is 0 Å². The van der Waals surface area contributed by atoms with Crippen molar-refractivity contribution >= 4 is 17.5 Å². The Balaban J connectivity index is 1.62. The number of rotatable bonds is 8. The summed E-state index contributed by atoms with van der Waals surface area (Å²) >= 11 is 0. The number of methoxy groups -OCH3 is 1. The van der Waals surface area contributed by atoms with Gasteiger partial charge < -0.3 is 14.8 Å². The lowest BCUT2D eigenvalue weighted by molar-refractivity contribution is -0.141. The molecule has 0 unspecified atom stereocenters. The Bertz CT molecular complexity index is 1350. The number of nitrogens with one attached hydrogen (secondary N) is 1. The van der Waals surface area contributed by atoms with Crippen molar-refractivity contribution in [1.29, 1.82) is 0 Å². The first-order chi connectivity index (χ1) is 16.9. The summed E-state index contributed by atoms with van der Waals surface area (Å²) in [7, 11) is 1.29. The minimum atomic E-state index is -0.714. The van der Waals surface area contributed by atoms with Gasteiger partial charge in [0.05, 0.1) is 30.8 Å². The van der Waals surface area contributed by atoms with Crippen molar-refractivity contribution in [2.45, 2.75) is 26.0 Å². The third-order valence-electron chi connectivity index (χ3n) is 5.54. The predicted molar refractivity (Wildman–Crippen MR) is 124 cm³/mol. The molecule has 0 aliphatic rings. The van der Waals surface area contributed by atoms with Crippen LogP contribution in [0.4, 0.5) is 8.78 Å². The number of carbonyl (C=O) groups is 2. The predicted octanol–water partition coefficient (Wildman–Crippen LogP) is 4.53. The molecule has 1 atom stereocenters. The van der Waals surface area contributed by atoms with Crippen molar-refractivity contribution in [2.24, 2.45) is 0 Å². The Labute approximate surface area is 200 Å². The largest absolute Gasteiger partial charge is 0.485 e. The minimum absolute atomic E-state index is 0.0510. The lowest BCUT2D eigenvalue weighted by atomic mass is 10.0. The standard InChI is InChI=1S/C26H23F2N3O4/c1-16-24(26(33)30-21(14-23(32)34-2)17-8-4-3-5-9-17)31-13-7-12-22(25(31)29-16)35-15-18-19(27)10-6-11-20(18)28/h3-13,21H,14-15H2,1-2H3,(H,30,33)/t21-/m0/s1. The van der Waals surface area contributed by atoms with Crippen LogP contribution in [0.25, 0.3) is 5.65 Å². The molecule has 0 spiro atoms. The van der Waals surface area contributed by atoms with E-state index in [1.165, 1.54) is 17.6 Å². The van der Waals surface area contributed by atoms with Crippen LogP contribution in [0.3, 0.4) is 0 Å². The van der Waals surface area contributed by atoms with Gasteiger partial charge in [0.15, 0.2) is 11.4 Å². The van der Waals surface area contributed by atoms with Gasteiger partial charge in [0.25, 0.3) is 5.91 Å². The topological polar surface area (TPSA) is 81.9 Å². The molecule has 4 rings (SSSR count). The molecule has 0 bridgehead atoms. The summed E-state index contributed by atoms with van der Waals surface area (Å²) in [6, 6.07) is 15.3. The van der Waals surface area contributed by atoms with Gasteiger partial charge in [-0.3, -0.25) is 14.0 Å². The van der Waals surface area contributed by atoms with Crippen LogP contribution in [0.15, 0.2) is 66.9 Å². The molecule has 1 amide bonds. The Hall–Kier alpha value is -4.27. The fourth-order valence-corrected chi connectivity index (χ4v) is 3.78. The summed E-state index contributed by atoms with van der Waals surface area (Å²) in [5.74, 6) is -2.09. The Morgan fingerprint density at radius 1 is 1.03 bits per heavy atom. The molecule has 2 aromatic heterocycles. The number of amides is 1. The van der Waals surface area contributed by atoms with E-state index in [4.69, 9.17) is 9.47 Å². The Kier molecular flexibility index (Phi) is 7.05. The second kappa shape index (κ2) is 10.3. The number of pyridine rings is 1. The van der Waals surface area contributed by atoms with Crippen LogP contribution in [-0.4, -0.2) is 28.4 Å². The average Bonchev–Trinajstić information content (AvgIpc) is 3.20. The number of benzene rings is 2. The second-order valence-corrected chi connectivity index (χ2v) is 7.82. The molecule has 180 valence electrons. The molecule has 0 aliphatic carbocycles. The number of ether oxygens (including phenoxy) is 2. The molecule has 4 aromatic rings. The highest BCUT2D eigenvalue weighted by molar-refractivity contribution is 5.95. The maximum Gasteiger partial charge on any atom is 0.307 e. The Morgan fingerprint density at radius 3 is 2.43 bits per heavy atom. The van der Waals surface area contributed by atoms with E-state index in [9.17, 15) is 18.4 Å². The maximum atomic E-state index is 14.0. The summed E-state index contributed by atoms with van der Waals surface area (Å²) < 4.78 is 40.0. The van der Waals surface area contributed by atoms with E-state index in [2.05, 4.69) is 10.3 Å². The number of esters is 1. The van der Waals surface area contributed by atoms with Gasteiger partial charge in [-0.1, -0.05) is 36.4 Å². The van der Waals surface area contributed by atoms with Gasteiger partial charge in [-0.25, -0.2) is 13.8 Å². The maximum absolute atomic E-state index is 14.0. The van der Waals surface area contributed by atoms with Gasteiger partial charge in [0.2, 0.25) is 0 Å². The molecule has 0 fully saturated rings. The molecule has 0 radical (unpaired) electrons. The van der Waals surface area contributed by atoms with E-state index in [1.807, 2.05) is 30.3 Å². The molecule has 9 heteroatoms. The van der Waals surface area contributed by atoms with Gasteiger partial charge in [-0.2, -0.15) is 0 Å². The Morgan fingerprint density at radius 2 is 1.74 bits per heavy atom. The van der Waals surface area contributed by atoms with Gasteiger partial charge in [0.1, 0.15) is 23.9 Å². The highest BCUT2D eigenvalue weighted by Crippen LogP contribution is 2.25. The molecule has 1 N–H and O–H groups in total. The van der Waals surface area contributed by atoms with Crippen molar-refractivity contribution in [3.8, 4) is 5.75 Å². The quantitative estimate of drug-likeness (QED) is 0.376. The van der Waals surface area contributed by atoms with Crippen LogP contribution in [0.2, 0.25) is 0 Å². The summed E-state index contributed by atoms with van der Waals surface area (Å²) in [6.07, 6.45) is 1.59. The highest BCUT2D eigenvalue weighted by Gasteiger charge is 2.24. The smallest absolute Gasteiger partial charge is 0.307 e. The van der Waals surface area contributed by atoms with Gasteiger partial charge in [0, 0.05) is 6.20 Å². The van der Waals surface area contributed by atoms with E-state index < -0.39 is 29.6 Å². The normalized spacial score (nSPS) is 11.8. The first kappa shape index (κ1) is 23.9. The molecule has 0 aliphatic heterocycles. The number of hydrogen-bond donors (Lipinski definition) is 1. The lowest BCUT2D eigenvalue weighted by Crippen LogP contribution is -2.31. The molecule has 2 aromatic carbocycles. The number of hydrogen-bond acceptors (Lipinski definition) is 5. The molecule has 7 nitrogen and oxygen atoms in total. The van der Waals surface area contributed by atoms with Crippen molar-refractivity contribution in [1.82, 2.24) is 14.7 Å². The second-order valence-electron chi connectivity index (χ2n) is 7.82. The van der Waals surface area contributed by atoms with E-state index in [0.717, 1.165) is 17.7 Å². The van der Waals surface area contributed by atoms with Crippen molar-refractivity contribution in [3.63, 3.8) is 0 Å². The highest BCUT2D eigenvalue weighted by atomic mass is 19.1. The molecule has 35 heavy (non-hydrogen) atoms. The van der Waals surface area contributed by atoms with E-state index in [0.29, 0.717) is 11.3 Å². The zero-order valence-electron chi connectivity index (χ0n) is 19.1. The third kappa shape index (κ3) is 5.13. The first-order valence-electron chi connectivity index (χ1n) is 10.8. The SMILES string of the molecule is COC(=O)C[C@H](NC(=O)c1c(C)nc2c(OCc3c(F)cccc3F)cccn12)c1ccccc1. The van der Waals surface area contributed by atoms with Gasteiger partial charge in [-0.05, 0) is 36.8 Å². The van der Waals surface area contributed by atoms with Crippen molar-refractivity contribution < 1.29 is 27.8 Å². The van der Waals surface area contributed by atoms with E-state index >= 15 is 0 Å². The average molecular weight is 479 g/mol. The van der Waals surface area contributed by atoms with E-state index in [-0.39, 0.29) is 30.0 Å². The van der Waals surface area contributed by atoms with Crippen molar-refractivity contribution in [2.75, 3.05) is 7.11 Å². The molecule has 2 heterocycles. The summed E-state index contributed by atoms with van der Waals surface area (Å²) in [5, 5.41) is 2.89. The summed E-state index contributed by atoms with van der Waals surface area (Å²) in [5.41, 5.74) is 1.52. The molecular formula is C26H23F2N3O4. The van der Waals surface area contributed by atoms with Gasteiger partial charge >= 0.3 is 5.97 Å². The van der Waals surface area contributed by atoms with Crippen molar-refractivity contribution in [3.05, 3.63) is 101 Å². The molecular weight excluding hydrogens is 456 g/mol. The lowest BCUT2D eigenvalue weighted by Gasteiger charge is -2.18. The molecule has 0 saturated carbocycles. The molecule has 0 saturated heterocycles. The fraction of sp³-hybridized carbons (Fsp3) is 0.192. The van der Waals surface area contributed by atoms with Crippen LogP contribution in [0.5, 0.6) is 5.75 Å². The number of halogens is 2. The number of aryl methyl sites for hydroxylation is 1. The fourth-order valence-electron chi connectivity index (χ4n) is 3.78. The van der Waals surface area contributed by atoms with Crippen LogP contribution in [-0.2, 0) is 16.1 Å². The zero-order chi connectivity index (χ0) is 24.9.